The van der Waals surface area contributed by atoms with Crippen LogP contribution in [0.25, 0.3) is 0 Å². The molecule has 120 valence electrons. The van der Waals surface area contributed by atoms with Crippen LogP contribution < -0.4 is 5.32 Å². The number of aliphatic hydroxyl groups is 1. The van der Waals surface area contributed by atoms with Gasteiger partial charge in [0.2, 0.25) is 0 Å². The molecular weight excluding hydrogens is 258 g/mol. The van der Waals surface area contributed by atoms with E-state index in [1.165, 1.54) is 6.42 Å². The molecule has 2 N–H and O–H groups in total. The lowest BCUT2D eigenvalue weighted by atomic mass is 9.80. The van der Waals surface area contributed by atoms with Gasteiger partial charge in [0.05, 0.1) is 38.6 Å². The third-order valence-electron chi connectivity index (χ3n) is 3.55. The summed E-state index contributed by atoms with van der Waals surface area (Å²) in [7, 11) is 0. The number of ether oxygens (including phenoxy) is 3. The summed E-state index contributed by atoms with van der Waals surface area (Å²) in [5.74, 6) is 0. The van der Waals surface area contributed by atoms with Crippen molar-refractivity contribution in [1.82, 2.24) is 5.32 Å². The molecule has 1 rings (SSSR count). The molecule has 0 aromatic heterocycles. The molecule has 1 aliphatic rings. The molecular formula is C15H31NO4. The van der Waals surface area contributed by atoms with Crippen molar-refractivity contribution in [1.29, 1.82) is 0 Å². The van der Waals surface area contributed by atoms with Gasteiger partial charge in [0.1, 0.15) is 0 Å². The molecule has 0 bridgehead atoms. The second-order valence-electron chi connectivity index (χ2n) is 5.45. The molecule has 0 unspecified atom stereocenters. The van der Waals surface area contributed by atoms with Gasteiger partial charge in [0.25, 0.3) is 0 Å². The summed E-state index contributed by atoms with van der Waals surface area (Å²) in [6, 6.07) is 0. The Morgan fingerprint density at radius 1 is 0.950 bits per heavy atom. The zero-order chi connectivity index (χ0) is 14.5. The van der Waals surface area contributed by atoms with Crippen LogP contribution >= 0.6 is 0 Å². The highest BCUT2D eigenvalue weighted by molar-refractivity contribution is 4.89. The molecule has 0 spiro atoms. The van der Waals surface area contributed by atoms with Gasteiger partial charge in [-0.1, -0.05) is 13.3 Å². The molecule has 1 aliphatic carbocycles. The van der Waals surface area contributed by atoms with E-state index >= 15 is 0 Å². The van der Waals surface area contributed by atoms with Crippen LogP contribution in [0.4, 0.5) is 0 Å². The first-order valence-electron chi connectivity index (χ1n) is 7.93. The molecule has 1 fully saturated rings. The number of unbranched alkanes of at least 4 members (excludes halogenated alkanes) is 1. The summed E-state index contributed by atoms with van der Waals surface area (Å²) in [5, 5.41) is 13.1. The predicted octanol–water partition coefficient (Wildman–Crippen LogP) is 1.34. The zero-order valence-corrected chi connectivity index (χ0v) is 12.9. The standard InChI is InChI=1S/C15H31NO4/c1-2-3-8-18-10-12-20-13-11-19-9-7-16-14-15(17)5-4-6-15/h16-17H,2-14H2,1H3. The van der Waals surface area contributed by atoms with Crippen LogP contribution in [0.2, 0.25) is 0 Å². The minimum absolute atomic E-state index is 0.444. The van der Waals surface area contributed by atoms with Gasteiger partial charge in [-0.05, 0) is 25.7 Å². The first-order chi connectivity index (χ1) is 9.77. The van der Waals surface area contributed by atoms with Crippen molar-refractivity contribution in [3.8, 4) is 0 Å². The zero-order valence-electron chi connectivity index (χ0n) is 12.9. The molecule has 5 heteroatoms. The summed E-state index contributed by atoms with van der Waals surface area (Å²) < 4.78 is 16.2. The second-order valence-corrected chi connectivity index (χ2v) is 5.45. The van der Waals surface area contributed by atoms with Crippen LogP contribution in [-0.4, -0.2) is 63.4 Å². The maximum Gasteiger partial charge on any atom is 0.0771 e. The molecule has 20 heavy (non-hydrogen) atoms. The van der Waals surface area contributed by atoms with Gasteiger partial charge >= 0.3 is 0 Å². The van der Waals surface area contributed by atoms with Crippen molar-refractivity contribution in [3.05, 3.63) is 0 Å². The Morgan fingerprint density at radius 2 is 1.55 bits per heavy atom. The quantitative estimate of drug-likeness (QED) is 0.473. The van der Waals surface area contributed by atoms with Crippen molar-refractivity contribution in [2.75, 3.05) is 52.7 Å². The van der Waals surface area contributed by atoms with Crippen LogP contribution in [0.5, 0.6) is 0 Å². The lowest BCUT2D eigenvalue weighted by Crippen LogP contribution is -2.46. The third kappa shape index (κ3) is 8.87. The minimum Gasteiger partial charge on any atom is -0.389 e. The number of nitrogens with one attached hydrogen (secondary N) is 1. The molecule has 0 aromatic rings. The predicted molar refractivity (Wildman–Crippen MR) is 79.0 cm³/mol. The van der Waals surface area contributed by atoms with Crippen LogP contribution in [0.15, 0.2) is 0 Å². The lowest BCUT2D eigenvalue weighted by molar-refractivity contribution is -0.0328. The molecule has 0 heterocycles. The van der Waals surface area contributed by atoms with Crippen LogP contribution in [0, 0.1) is 0 Å². The topological polar surface area (TPSA) is 60.0 Å². The van der Waals surface area contributed by atoms with E-state index in [4.69, 9.17) is 14.2 Å². The average Bonchev–Trinajstić information content (AvgIpc) is 2.42. The number of rotatable bonds is 14. The smallest absolute Gasteiger partial charge is 0.0771 e. The Morgan fingerprint density at radius 3 is 2.10 bits per heavy atom. The minimum atomic E-state index is -0.444. The van der Waals surface area contributed by atoms with Gasteiger partial charge in [-0.2, -0.15) is 0 Å². The molecule has 1 saturated carbocycles. The summed E-state index contributed by atoms with van der Waals surface area (Å²) in [5.41, 5.74) is -0.444. The lowest BCUT2D eigenvalue weighted by Gasteiger charge is -2.36. The molecule has 0 saturated heterocycles. The van der Waals surface area contributed by atoms with E-state index in [1.807, 2.05) is 0 Å². The van der Waals surface area contributed by atoms with Gasteiger partial charge in [-0.25, -0.2) is 0 Å². The average molecular weight is 289 g/mol. The van der Waals surface area contributed by atoms with Crippen molar-refractivity contribution < 1.29 is 19.3 Å². The van der Waals surface area contributed by atoms with Gasteiger partial charge in [0, 0.05) is 19.7 Å². The highest BCUT2D eigenvalue weighted by atomic mass is 16.5. The van der Waals surface area contributed by atoms with Gasteiger partial charge < -0.3 is 24.6 Å². The fraction of sp³-hybridized carbons (Fsp3) is 1.00. The largest absolute Gasteiger partial charge is 0.389 e. The summed E-state index contributed by atoms with van der Waals surface area (Å²) in [6.07, 6.45) is 5.28. The Balaban J connectivity index is 1.68. The van der Waals surface area contributed by atoms with Gasteiger partial charge in [-0.3, -0.25) is 0 Å². The first kappa shape index (κ1) is 17.9. The van der Waals surface area contributed by atoms with Gasteiger partial charge in [-0.15, -0.1) is 0 Å². The van der Waals surface area contributed by atoms with Crippen LogP contribution in [0.3, 0.4) is 0 Å². The SMILES string of the molecule is CCCCOCCOCCOCCNCC1(O)CCC1. The molecule has 0 aromatic carbocycles. The number of hydrogen-bond acceptors (Lipinski definition) is 5. The Bertz CT molecular complexity index is 222. The second kappa shape index (κ2) is 11.5. The monoisotopic (exact) mass is 289 g/mol. The van der Waals surface area contributed by atoms with Crippen LogP contribution in [-0.2, 0) is 14.2 Å². The molecule has 0 amide bonds. The summed E-state index contributed by atoms with van der Waals surface area (Å²) in [4.78, 5) is 0. The van der Waals surface area contributed by atoms with Crippen molar-refractivity contribution in [2.45, 2.75) is 44.6 Å². The Labute approximate surface area is 123 Å². The van der Waals surface area contributed by atoms with E-state index in [0.29, 0.717) is 39.6 Å². The normalized spacial score (nSPS) is 17.1. The molecule has 0 aliphatic heterocycles. The fourth-order valence-corrected chi connectivity index (χ4v) is 2.02. The molecule has 0 atom stereocenters. The maximum absolute atomic E-state index is 9.85. The van der Waals surface area contributed by atoms with E-state index in [1.54, 1.807) is 0 Å². The maximum atomic E-state index is 9.85. The Kier molecular flexibility index (Phi) is 10.2. The highest BCUT2D eigenvalue weighted by Gasteiger charge is 2.33. The summed E-state index contributed by atoms with van der Waals surface area (Å²) >= 11 is 0. The molecule has 0 radical (unpaired) electrons. The van der Waals surface area contributed by atoms with Gasteiger partial charge in [0.15, 0.2) is 0 Å². The van der Waals surface area contributed by atoms with E-state index in [2.05, 4.69) is 12.2 Å². The Hall–Kier alpha value is -0.200. The van der Waals surface area contributed by atoms with E-state index in [9.17, 15) is 5.11 Å². The van der Waals surface area contributed by atoms with E-state index < -0.39 is 5.60 Å². The van der Waals surface area contributed by atoms with Crippen molar-refractivity contribution >= 4 is 0 Å². The summed E-state index contributed by atoms with van der Waals surface area (Å²) in [6.45, 7) is 7.63. The highest BCUT2D eigenvalue weighted by Crippen LogP contribution is 2.30. The third-order valence-corrected chi connectivity index (χ3v) is 3.55. The fourth-order valence-electron chi connectivity index (χ4n) is 2.02. The van der Waals surface area contributed by atoms with Crippen LogP contribution in [0.1, 0.15) is 39.0 Å². The number of hydrogen-bond donors (Lipinski definition) is 2. The first-order valence-corrected chi connectivity index (χ1v) is 7.93. The molecule has 5 nitrogen and oxygen atoms in total. The van der Waals surface area contributed by atoms with E-state index in [-0.39, 0.29) is 0 Å². The van der Waals surface area contributed by atoms with Crippen molar-refractivity contribution in [3.63, 3.8) is 0 Å². The van der Waals surface area contributed by atoms with Crippen molar-refractivity contribution in [2.24, 2.45) is 0 Å². The van der Waals surface area contributed by atoms with E-state index in [0.717, 1.165) is 38.8 Å².